The molecule has 1 saturated heterocycles. The Balaban J connectivity index is 0.00000200. The molecule has 3 nitrogen and oxygen atoms in total. The summed E-state index contributed by atoms with van der Waals surface area (Å²) in [5.74, 6) is 0.351. The van der Waals surface area contributed by atoms with Gasteiger partial charge < -0.3 is 10.1 Å². The SMILES string of the molecule is C=CC[C@@H](c1ccc(F)cc1OC)N1CCNCC1.Cl.Cl. The lowest BCUT2D eigenvalue weighted by Crippen LogP contribution is -2.45. The third-order valence-corrected chi connectivity index (χ3v) is 3.54. The summed E-state index contributed by atoms with van der Waals surface area (Å²) in [6.07, 6.45) is 2.75. The predicted molar refractivity (Wildman–Crippen MR) is 89.4 cm³/mol. The molecule has 0 amide bonds. The molecule has 2 rings (SSSR count). The quantitative estimate of drug-likeness (QED) is 0.835. The van der Waals surface area contributed by atoms with Gasteiger partial charge in [-0.25, -0.2) is 4.39 Å². The van der Waals surface area contributed by atoms with E-state index in [1.807, 2.05) is 12.1 Å². The molecule has 1 aliphatic heterocycles. The lowest BCUT2D eigenvalue weighted by atomic mass is 10.00. The number of nitrogens with one attached hydrogen (secondary N) is 1. The van der Waals surface area contributed by atoms with Gasteiger partial charge in [-0.15, -0.1) is 31.4 Å². The standard InChI is InChI=1S/C15H21FN2O.2ClH/c1-3-4-14(18-9-7-17-8-10-18)13-6-5-12(16)11-15(13)19-2;;/h3,5-6,11,14,17H,1,4,7-10H2,2H3;2*1H/t14-;;/m0../s1. The maximum Gasteiger partial charge on any atom is 0.126 e. The average molecular weight is 337 g/mol. The molecule has 1 aliphatic rings. The second kappa shape index (κ2) is 10.0. The first-order chi connectivity index (χ1) is 9.26. The van der Waals surface area contributed by atoms with Crippen molar-refractivity contribution in [2.75, 3.05) is 33.3 Å². The van der Waals surface area contributed by atoms with E-state index in [0.29, 0.717) is 5.75 Å². The molecule has 0 radical (unpaired) electrons. The minimum Gasteiger partial charge on any atom is -0.496 e. The summed E-state index contributed by atoms with van der Waals surface area (Å²) >= 11 is 0. The van der Waals surface area contributed by atoms with Crippen LogP contribution in [0.25, 0.3) is 0 Å². The summed E-state index contributed by atoms with van der Waals surface area (Å²) in [5.41, 5.74) is 1.03. The van der Waals surface area contributed by atoms with Gasteiger partial charge in [-0.05, 0) is 12.5 Å². The molecule has 21 heavy (non-hydrogen) atoms. The summed E-state index contributed by atoms with van der Waals surface area (Å²) in [6, 6.07) is 4.98. The molecule has 1 atom stereocenters. The van der Waals surface area contributed by atoms with Crippen molar-refractivity contribution in [2.24, 2.45) is 0 Å². The van der Waals surface area contributed by atoms with Gasteiger partial charge in [0, 0.05) is 43.9 Å². The van der Waals surface area contributed by atoms with Gasteiger partial charge in [-0.3, -0.25) is 4.90 Å². The van der Waals surface area contributed by atoms with Gasteiger partial charge in [0.2, 0.25) is 0 Å². The molecule has 1 fully saturated rings. The fourth-order valence-electron chi connectivity index (χ4n) is 2.58. The van der Waals surface area contributed by atoms with Gasteiger partial charge in [0.05, 0.1) is 7.11 Å². The minimum absolute atomic E-state index is 0. The van der Waals surface area contributed by atoms with E-state index in [0.717, 1.165) is 38.2 Å². The van der Waals surface area contributed by atoms with Crippen LogP contribution in [0.4, 0.5) is 4.39 Å². The number of nitrogens with zero attached hydrogens (tertiary/aromatic N) is 1. The van der Waals surface area contributed by atoms with E-state index in [2.05, 4.69) is 16.8 Å². The summed E-state index contributed by atoms with van der Waals surface area (Å²) < 4.78 is 18.6. The zero-order valence-electron chi connectivity index (χ0n) is 12.2. The first-order valence-corrected chi connectivity index (χ1v) is 6.65. The highest BCUT2D eigenvalue weighted by Crippen LogP contribution is 2.32. The molecule has 120 valence electrons. The normalized spacial score (nSPS) is 16.3. The van der Waals surface area contributed by atoms with Crippen LogP contribution in [0, 0.1) is 5.82 Å². The number of benzene rings is 1. The van der Waals surface area contributed by atoms with Crippen molar-refractivity contribution in [3.05, 3.63) is 42.2 Å². The molecule has 0 aromatic heterocycles. The van der Waals surface area contributed by atoms with Crippen LogP contribution in [-0.4, -0.2) is 38.2 Å². The van der Waals surface area contributed by atoms with E-state index in [1.54, 1.807) is 7.11 Å². The molecule has 6 heteroatoms. The van der Waals surface area contributed by atoms with E-state index in [9.17, 15) is 4.39 Å². The van der Waals surface area contributed by atoms with E-state index in [4.69, 9.17) is 4.74 Å². The highest BCUT2D eigenvalue weighted by Gasteiger charge is 2.23. The van der Waals surface area contributed by atoms with Gasteiger partial charge in [0.1, 0.15) is 11.6 Å². The number of methoxy groups -OCH3 is 1. The van der Waals surface area contributed by atoms with Gasteiger partial charge in [-0.1, -0.05) is 12.1 Å². The van der Waals surface area contributed by atoms with Crippen molar-refractivity contribution in [2.45, 2.75) is 12.5 Å². The minimum atomic E-state index is -0.265. The molecule has 0 unspecified atom stereocenters. The lowest BCUT2D eigenvalue weighted by molar-refractivity contribution is 0.171. The van der Waals surface area contributed by atoms with Crippen molar-refractivity contribution in [1.29, 1.82) is 0 Å². The molecule has 0 aliphatic carbocycles. The molecular weight excluding hydrogens is 314 g/mol. The third kappa shape index (κ3) is 5.15. The summed E-state index contributed by atoms with van der Waals surface area (Å²) in [7, 11) is 1.58. The maximum absolute atomic E-state index is 13.3. The number of piperazine rings is 1. The number of rotatable bonds is 5. The lowest BCUT2D eigenvalue weighted by Gasteiger charge is -2.35. The monoisotopic (exact) mass is 336 g/mol. The van der Waals surface area contributed by atoms with Gasteiger partial charge in [0.15, 0.2) is 0 Å². The summed E-state index contributed by atoms with van der Waals surface area (Å²) in [6.45, 7) is 7.77. The Morgan fingerprint density at radius 1 is 1.38 bits per heavy atom. The fraction of sp³-hybridized carbons (Fsp3) is 0.467. The first kappa shape index (κ1) is 20.2. The number of halogens is 3. The third-order valence-electron chi connectivity index (χ3n) is 3.54. The zero-order valence-corrected chi connectivity index (χ0v) is 13.8. The number of hydrogen-bond donors (Lipinski definition) is 1. The van der Waals surface area contributed by atoms with Crippen LogP contribution in [0.15, 0.2) is 30.9 Å². The van der Waals surface area contributed by atoms with E-state index in [1.165, 1.54) is 12.1 Å². The molecular formula is C15H23Cl2FN2O. The molecule has 1 N–H and O–H groups in total. The van der Waals surface area contributed by atoms with Crippen molar-refractivity contribution in [3.8, 4) is 5.75 Å². The van der Waals surface area contributed by atoms with Crippen molar-refractivity contribution >= 4 is 24.8 Å². The van der Waals surface area contributed by atoms with Crippen LogP contribution in [0.2, 0.25) is 0 Å². The second-order valence-electron chi connectivity index (χ2n) is 4.71. The first-order valence-electron chi connectivity index (χ1n) is 6.65. The van der Waals surface area contributed by atoms with E-state index in [-0.39, 0.29) is 36.7 Å². The topological polar surface area (TPSA) is 24.5 Å². The Bertz CT molecular complexity index is 440. The molecule has 1 aromatic rings. The van der Waals surface area contributed by atoms with Crippen LogP contribution in [0.3, 0.4) is 0 Å². The van der Waals surface area contributed by atoms with Gasteiger partial charge in [0.25, 0.3) is 0 Å². The van der Waals surface area contributed by atoms with Crippen LogP contribution in [0.5, 0.6) is 5.75 Å². The number of hydrogen-bond acceptors (Lipinski definition) is 3. The van der Waals surface area contributed by atoms with Gasteiger partial charge in [-0.2, -0.15) is 0 Å². The maximum atomic E-state index is 13.3. The van der Waals surface area contributed by atoms with Crippen LogP contribution < -0.4 is 10.1 Å². The molecule has 1 heterocycles. The van der Waals surface area contributed by atoms with Crippen molar-refractivity contribution in [1.82, 2.24) is 10.2 Å². The van der Waals surface area contributed by atoms with Gasteiger partial charge >= 0.3 is 0 Å². The number of ether oxygens (including phenoxy) is 1. The summed E-state index contributed by atoms with van der Waals surface area (Å²) in [5, 5.41) is 3.34. The van der Waals surface area contributed by atoms with Crippen molar-refractivity contribution < 1.29 is 9.13 Å². The zero-order chi connectivity index (χ0) is 13.7. The van der Waals surface area contributed by atoms with Crippen LogP contribution >= 0.6 is 24.8 Å². The Labute approximate surface area is 138 Å². The Kier molecular flexibility index (Phi) is 9.62. The Morgan fingerprint density at radius 3 is 2.62 bits per heavy atom. The molecule has 1 aromatic carbocycles. The van der Waals surface area contributed by atoms with Crippen molar-refractivity contribution in [3.63, 3.8) is 0 Å². The molecule has 0 saturated carbocycles. The predicted octanol–water partition coefficient (Wildman–Crippen LogP) is 3.20. The second-order valence-corrected chi connectivity index (χ2v) is 4.71. The Morgan fingerprint density at radius 2 is 2.05 bits per heavy atom. The summed E-state index contributed by atoms with van der Waals surface area (Å²) in [4.78, 5) is 2.40. The molecule has 0 bridgehead atoms. The smallest absolute Gasteiger partial charge is 0.126 e. The average Bonchev–Trinajstić information content (AvgIpc) is 2.46. The van der Waals surface area contributed by atoms with Crippen LogP contribution in [0.1, 0.15) is 18.0 Å². The van der Waals surface area contributed by atoms with Crippen LogP contribution in [-0.2, 0) is 0 Å². The largest absolute Gasteiger partial charge is 0.496 e. The van der Waals surface area contributed by atoms with E-state index >= 15 is 0 Å². The molecule has 0 spiro atoms. The highest BCUT2D eigenvalue weighted by molar-refractivity contribution is 5.85. The fourth-order valence-corrected chi connectivity index (χ4v) is 2.58. The highest BCUT2D eigenvalue weighted by atomic mass is 35.5. The van der Waals surface area contributed by atoms with E-state index < -0.39 is 0 Å². The Hall–Kier alpha value is -0.810.